The topological polar surface area (TPSA) is 72.6 Å². The zero-order valence-electron chi connectivity index (χ0n) is 11.7. The number of ether oxygens (including phenoxy) is 1. The molecule has 1 heterocycles. The number of benzene rings is 1. The average Bonchev–Trinajstić information content (AvgIpc) is 2.92. The molecule has 0 aliphatic carbocycles. The van der Waals surface area contributed by atoms with E-state index in [1.54, 1.807) is 0 Å². The van der Waals surface area contributed by atoms with Gasteiger partial charge in [0.15, 0.2) is 0 Å². The highest BCUT2D eigenvalue weighted by Gasteiger charge is 2.30. The van der Waals surface area contributed by atoms with Crippen LogP contribution >= 0.6 is 27.5 Å². The lowest BCUT2D eigenvalue weighted by molar-refractivity contribution is 0.181. The van der Waals surface area contributed by atoms with Crippen LogP contribution in [0.2, 0.25) is 5.02 Å². The van der Waals surface area contributed by atoms with Crippen molar-refractivity contribution in [3.05, 3.63) is 21.6 Å². The van der Waals surface area contributed by atoms with E-state index in [-0.39, 0.29) is 10.8 Å². The lowest BCUT2D eigenvalue weighted by Crippen LogP contribution is -2.35. The van der Waals surface area contributed by atoms with Gasteiger partial charge in [0.25, 0.3) is 0 Å². The van der Waals surface area contributed by atoms with Gasteiger partial charge in [0.1, 0.15) is 0 Å². The van der Waals surface area contributed by atoms with E-state index in [4.69, 9.17) is 22.1 Å². The van der Waals surface area contributed by atoms with E-state index in [0.717, 1.165) is 6.42 Å². The molecule has 1 saturated heterocycles. The van der Waals surface area contributed by atoms with Crippen molar-refractivity contribution in [2.24, 2.45) is 5.92 Å². The molecule has 118 valence electrons. The van der Waals surface area contributed by atoms with Gasteiger partial charge in [-0.1, -0.05) is 18.5 Å². The van der Waals surface area contributed by atoms with E-state index in [0.29, 0.717) is 41.5 Å². The number of nitrogen functional groups attached to an aromatic ring is 1. The van der Waals surface area contributed by atoms with E-state index in [9.17, 15) is 8.42 Å². The first kappa shape index (κ1) is 17.0. The summed E-state index contributed by atoms with van der Waals surface area (Å²) in [5, 5.41) is 0.300. The Kier molecular flexibility index (Phi) is 5.54. The Labute approximate surface area is 138 Å². The van der Waals surface area contributed by atoms with Gasteiger partial charge in [-0.15, -0.1) is 0 Å². The largest absolute Gasteiger partial charge is 0.398 e. The van der Waals surface area contributed by atoms with Gasteiger partial charge in [-0.05, 0) is 40.4 Å². The quantitative estimate of drug-likeness (QED) is 0.775. The number of sulfonamides is 1. The normalized spacial score (nSPS) is 19.3. The molecule has 1 aliphatic heterocycles. The Balaban J connectivity index is 2.34. The fraction of sp³-hybridized carbons (Fsp3) is 0.538. The third-order valence-corrected chi connectivity index (χ3v) is 6.82. The molecule has 1 unspecified atom stereocenters. The fourth-order valence-electron chi connectivity index (χ4n) is 2.32. The summed E-state index contributed by atoms with van der Waals surface area (Å²) in [6.45, 7) is 3.94. The molecule has 0 bridgehead atoms. The Hall–Kier alpha value is -0.340. The van der Waals surface area contributed by atoms with Crippen LogP contribution in [0.25, 0.3) is 0 Å². The zero-order chi connectivity index (χ0) is 15.6. The molecule has 0 radical (unpaired) electrons. The lowest BCUT2D eigenvalue weighted by atomic mass is 10.1. The van der Waals surface area contributed by atoms with Gasteiger partial charge in [-0.3, -0.25) is 0 Å². The third-order valence-electron chi connectivity index (χ3n) is 3.49. The first-order chi connectivity index (χ1) is 9.86. The summed E-state index contributed by atoms with van der Waals surface area (Å²) in [6.07, 6.45) is 0.880. The Bertz CT molecular complexity index is 618. The van der Waals surface area contributed by atoms with Crippen molar-refractivity contribution in [2.45, 2.75) is 18.2 Å². The van der Waals surface area contributed by atoms with Crippen LogP contribution in [0.4, 0.5) is 5.69 Å². The van der Waals surface area contributed by atoms with Crippen molar-refractivity contribution < 1.29 is 13.2 Å². The van der Waals surface area contributed by atoms with Crippen molar-refractivity contribution in [3.63, 3.8) is 0 Å². The fourth-order valence-corrected chi connectivity index (χ4v) is 5.10. The van der Waals surface area contributed by atoms with E-state index in [2.05, 4.69) is 15.9 Å². The maximum atomic E-state index is 12.8. The molecule has 1 aliphatic rings. The van der Waals surface area contributed by atoms with E-state index >= 15 is 0 Å². The summed E-state index contributed by atoms with van der Waals surface area (Å²) < 4.78 is 32.7. The van der Waals surface area contributed by atoms with Crippen molar-refractivity contribution >= 4 is 43.2 Å². The molecule has 0 spiro atoms. The first-order valence-corrected chi connectivity index (χ1v) is 9.29. The predicted molar refractivity (Wildman–Crippen MR) is 86.9 cm³/mol. The summed E-state index contributed by atoms with van der Waals surface area (Å²) in [5.74, 6) is 0.232. The summed E-state index contributed by atoms with van der Waals surface area (Å²) in [4.78, 5) is 0.105. The van der Waals surface area contributed by atoms with Crippen molar-refractivity contribution in [1.29, 1.82) is 0 Å². The molecule has 0 amide bonds. The molecule has 8 heteroatoms. The van der Waals surface area contributed by atoms with Crippen molar-refractivity contribution in [1.82, 2.24) is 4.31 Å². The highest BCUT2D eigenvalue weighted by molar-refractivity contribution is 9.10. The minimum absolute atomic E-state index is 0.105. The van der Waals surface area contributed by atoms with Crippen molar-refractivity contribution in [3.8, 4) is 0 Å². The van der Waals surface area contributed by atoms with E-state index < -0.39 is 10.0 Å². The number of hydrogen-bond acceptors (Lipinski definition) is 4. The standard InChI is InChI=1S/C13H18BrClN2O3S/c1-2-17(7-9-3-4-20-8-9)21(18,19)12-6-10(15)5-11(16)13(12)14/h5-6,9H,2-4,7-8,16H2,1H3. The minimum Gasteiger partial charge on any atom is -0.398 e. The SMILES string of the molecule is CCN(CC1CCOC1)S(=O)(=O)c1cc(Cl)cc(N)c1Br. The van der Waals surface area contributed by atoms with Gasteiger partial charge >= 0.3 is 0 Å². The Morgan fingerprint density at radius 3 is 2.81 bits per heavy atom. The molecule has 5 nitrogen and oxygen atoms in total. The molecule has 1 aromatic rings. The van der Waals surface area contributed by atoms with Crippen LogP contribution in [-0.2, 0) is 14.8 Å². The van der Waals surface area contributed by atoms with Gasteiger partial charge < -0.3 is 10.5 Å². The second kappa shape index (κ2) is 6.83. The molecule has 2 rings (SSSR count). The summed E-state index contributed by atoms with van der Waals surface area (Å²) >= 11 is 9.19. The van der Waals surface area contributed by atoms with Gasteiger partial charge in [-0.2, -0.15) is 4.31 Å². The highest BCUT2D eigenvalue weighted by atomic mass is 79.9. The van der Waals surface area contributed by atoms with Gasteiger partial charge in [0.05, 0.1) is 16.0 Å². The molecular formula is C13H18BrClN2O3S. The number of hydrogen-bond donors (Lipinski definition) is 1. The van der Waals surface area contributed by atoms with E-state index in [1.807, 2.05) is 6.92 Å². The number of halogens is 2. The number of nitrogens with two attached hydrogens (primary N) is 1. The first-order valence-electron chi connectivity index (χ1n) is 6.68. The smallest absolute Gasteiger partial charge is 0.244 e. The Morgan fingerprint density at radius 2 is 2.24 bits per heavy atom. The molecule has 21 heavy (non-hydrogen) atoms. The molecule has 1 fully saturated rings. The van der Waals surface area contributed by atoms with Crippen molar-refractivity contribution in [2.75, 3.05) is 32.0 Å². The van der Waals surface area contributed by atoms with Crippen LogP contribution in [0.1, 0.15) is 13.3 Å². The zero-order valence-corrected chi connectivity index (χ0v) is 14.8. The van der Waals surface area contributed by atoms with Gasteiger partial charge in [-0.25, -0.2) is 8.42 Å². The summed E-state index contributed by atoms with van der Waals surface area (Å²) in [5.41, 5.74) is 6.10. The summed E-state index contributed by atoms with van der Waals surface area (Å²) in [6, 6.07) is 2.94. The molecule has 0 aromatic heterocycles. The maximum absolute atomic E-state index is 12.8. The van der Waals surface area contributed by atoms with Crippen LogP contribution in [0.3, 0.4) is 0 Å². The van der Waals surface area contributed by atoms with Gasteiger partial charge in [0.2, 0.25) is 10.0 Å². The monoisotopic (exact) mass is 396 g/mol. The molecular weight excluding hydrogens is 380 g/mol. The third kappa shape index (κ3) is 3.71. The Morgan fingerprint density at radius 1 is 1.52 bits per heavy atom. The number of nitrogens with zero attached hydrogens (tertiary/aromatic N) is 1. The lowest BCUT2D eigenvalue weighted by Gasteiger charge is -2.24. The summed E-state index contributed by atoms with van der Waals surface area (Å²) in [7, 11) is -3.65. The molecule has 2 N–H and O–H groups in total. The highest BCUT2D eigenvalue weighted by Crippen LogP contribution is 2.33. The average molecular weight is 398 g/mol. The minimum atomic E-state index is -3.65. The van der Waals surface area contributed by atoms with Crippen LogP contribution in [-0.4, -0.2) is 39.0 Å². The van der Waals surface area contributed by atoms with Crippen LogP contribution in [0.5, 0.6) is 0 Å². The van der Waals surface area contributed by atoms with Gasteiger partial charge in [0, 0.05) is 30.4 Å². The predicted octanol–water partition coefficient (Wildman–Crippen LogP) is 2.73. The molecule has 0 saturated carbocycles. The molecule has 1 aromatic carbocycles. The second-order valence-corrected chi connectivity index (χ2v) is 8.13. The van der Waals surface area contributed by atoms with Crippen LogP contribution < -0.4 is 5.73 Å². The maximum Gasteiger partial charge on any atom is 0.244 e. The second-order valence-electron chi connectivity index (χ2n) is 4.99. The molecule has 1 atom stereocenters. The van der Waals surface area contributed by atoms with Crippen LogP contribution in [0.15, 0.2) is 21.5 Å². The van der Waals surface area contributed by atoms with E-state index in [1.165, 1.54) is 16.4 Å². The van der Waals surface area contributed by atoms with Crippen LogP contribution in [0, 0.1) is 5.92 Å². The number of rotatable bonds is 5. The number of anilines is 1.